The van der Waals surface area contributed by atoms with Crippen LogP contribution in [0.25, 0.3) is 0 Å². The van der Waals surface area contributed by atoms with E-state index in [4.69, 9.17) is 9.97 Å². The van der Waals surface area contributed by atoms with E-state index in [0.717, 1.165) is 47.9 Å². The Kier molecular flexibility index (Phi) is 5.62. The highest BCUT2D eigenvalue weighted by molar-refractivity contribution is 9.10. The third kappa shape index (κ3) is 4.32. The lowest BCUT2D eigenvalue weighted by Gasteiger charge is -2.30. The lowest BCUT2D eigenvalue weighted by atomic mass is 10.00. The molecule has 1 aromatic heterocycles. The normalized spacial score (nSPS) is 15.2. The number of anilines is 2. The number of nitrogens with one attached hydrogen (secondary N) is 1. The first-order chi connectivity index (χ1) is 12.0. The molecule has 1 aliphatic rings. The van der Waals surface area contributed by atoms with Gasteiger partial charge in [-0.2, -0.15) is 4.98 Å². The fourth-order valence-corrected chi connectivity index (χ4v) is 3.43. The van der Waals surface area contributed by atoms with Gasteiger partial charge in [0.25, 0.3) is 0 Å². The highest BCUT2D eigenvalue weighted by Gasteiger charge is 2.20. The molecule has 0 radical (unpaired) electrons. The van der Waals surface area contributed by atoms with Crippen LogP contribution in [0.1, 0.15) is 56.9 Å². The summed E-state index contributed by atoms with van der Waals surface area (Å²) in [5.74, 6) is 2.15. The Hall–Kier alpha value is -1.62. The van der Waals surface area contributed by atoms with Crippen LogP contribution in [0.4, 0.5) is 11.8 Å². The predicted octanol–water partition coefficient (Wildman–Crippen LogP) is 5.14. The van der Waals surface area contributed by atoms with Gasteiger partial charge in [0.2, 0.25) is 5.95 Å². The first-order valence-corrected chi connectivity index (χ1v) is 9.93. The second-order valence-corrected chi connectivity index (χ2v) is 8.08. The maximum absolute atomic E-state index is 4.81. The van der Waals surface area contributed by atoms with Crippen molar-refractivity contribution in [3.63, 3.8) is 0 Å². The minimum atomic E-state index is 0.369. The van der Waals surface area contributed by atoms with Crippen molar-refractivity contribution in [1.29, 1.82) is 0 Å². The van der Waals surface area contributed by atoms with E-state index in [1.807, 2.05) is 0 Å². The van der Waals surface area contributed by atoms with Gasteiger partial charge in [-0.15, -0.1) is 0 Å². The average Bonchev–Trinajstić information content (AvgIpc) is 2.60. The summed E-state index contributed by atoms with van der Waals surface area (Å²) in [4.78, 5) is 11.9. The molecule has 1 aliphatic heterocycles. The first-order valence-electron chi connectivity index (χ1n) is 9.14. The van der Waals surface area contributed by atoms with Gasteiger partial charge in [0.05, 0.1) is 5.69 Å². The Morgan fingerprint density at radius 3 is 2.68 bits per heavy atom. The lowest BCUT2D eigenvalue weighted by molar-refractivity contribution is 0.706. The summed E-state index contributed by atoms with van der Waals surface area (Å²) >= 11 is 3.59. The van der Waals surface area contributed by atoms with Crippen LogP contribution in [-0.4, -0.2) is 22.6 Å². The molecule has 2 aromatic rings. The van der Waals surface area contributed by atoms with Crippen LogP contribution in [0.2, 0.25) is 0 Å². The fraction of sp³-hybridized carbons (Fsp3) is 0.500. The van der Waals surface area contributed by atoms with E-state index < -0.39 is 0 Å². The van der Waals surface area contributed by atoms with Crippen LogP contribution < -0.4 is 10.2 Å². The van der Waals surface area contributed by atoms with Crippen LogP contribution in [-0.2, 0) is 13.0 Å². The van der Waals surface area contributed by atoms with E-state index in [1.165, 1.54) is 11.1 Å². The summed E-state index contributed by atoms with van der Waals surface area (Å²) in [7, 11) is 0. The minimum Gasteiger partial charge on any atom is -0.352 e. The predicted molar refractivity (Wildman–Crippen MR) is 108 cm³/mol. The van der Waals surface area contributed by atoms with Crippen LogP contribution in [0.5, 0.6) is 0 Å². The molecule has 0 amide bonds. The van der Waals surface area contributed by atoms with Gasteiger partial charge < -0.3 is 10.2 Å². The Labute approximate surface area is 159 Å². The number of hydrogen-bond acceptors (Lipinski definition) is 4. The van der Waals surface area contributed by atoms with Crippen molar-refractivity contribution >= 4 is 27.7 Å². The Balaban J connectivity index is 1.90. The first kappa shape index (κ1) is 18.2. The second-order valence-electron chi connectivity index (χ2n) is 7.17. The number of rotatable bonds is 5. The number of nitrogens with zero attached hydrogens (tertiary/aromatic N) is 3. The van der Waals surface area contributed by atoms with E-state index in [9.17, 15) is 0 Å². The molecule has 2 heterocycles. The molecule has 0 saturated carbocycles. The Morgan fingerprint density at radius 2 is 1.96 bits per heavy atom. The van der Waals surface area contributed by atoms with Crippen LogP contribution in [0, 0.1) is 0 Å². The number of aromatic nitrogens is 2. The number of benzene rings is 1. The van der Waals surface area contributed by atoms with Gasteiger partial charge in [0.15, 0.2) is 0 Å². The highest BCUT2D eigenvalue weighted by Crippen LogP contribution is 2.28. The smallest absolute Gasteiger partial charge is 0.225 e. The SMILES string of the molecule is CC[C@H](C)Nc1nc(C(C)C)cc(N2CCc3ccc(Br)cc3C2)n1. The maximum atomic E-state index is 4.81. The van der Waals surface area contributed by atoms with Crippen LogP contribution in [0.3, 0.4) is 0 Å². The molecular weight excluding hydrogens is 376 g/mol. The van der Waals surface area contributed by atoms with Gasteiger partial charge in [-0.1, -0.05) is 42.8 Å². The summed E-state index contributed by atoms with van der Waals surface area (Å²) in [5, 5.41) is 3.44. The van der Waals surface area contributed by atoms with Gasteiger partial charge >= 0.3 is 0 Å². The van der Waals surface area contributed by atoms with Crippen LogP contribution in [0.15, 0.2) is 28.7 Å². The van der Waals surface area contributed by atoms with Gasteiger partial charge in [0.1, 0.15) is 5.82 Å². The van der Waals surface area contributed by atoms with Gasteiger partial charge in [0, 0.05) is 29.7 Å². The molecule has 0 unspecified atom stereocenters. The summed E-state index contributed by atoms with van der Waals surface area (Å²) in [6.07, 6.45) is 2.10. The summed E-state index contributed by atoms with van der Waals surface area (Å²) in [5.41, 5.74) is 3.91. The zero-order valence-corrected chi connectivity index (χ0v) is 17.1. The number of hydrogen-bond donors (Lipinski definition) is 1. The van der Waals surface area contributed by atoms with Crippen molar-refractivity contribution in [2.45, 2.75) is 59.0 Å². The summed E-state index contributed by atoms with van der Waals surface area (Å²) < 4.78 is 1.14. The van der Waals surface area contributed by atoms with Crippen molar-refractivity contribution in [3.05, 3.63) is 45.6 Å². The molecule has 25 heavy (non-hydrogen) atoms. The van der Waals surface area contributed by atoms with Crippen LogP contribution >= 0.6 is 15.9 Å². The third-order valence-electron chi connectivity index (χ3n) is 4.82. The molecule has 0 spiro atoms. The lowest BCUT2D eigenvalue weighted by Crippen LogP contribution is -2.31. The van der Waals surface area contributed by atoms with Crippen molar-refractivity contribution in [2.75, 3.05) is 16.8 Å². The molecule has 4 nitrogen and oxygen atoms in total. The van der Waals surface area contributed by atoms with Gasteiger partial charge in [-0.05, 0) is 48.9 Å². The molecule has 1 N–H and O–H groups in total. The van der Waals surface area contributed by atoms with Gasteiger partial charge in [-0.25, -0.2) is 4.98 Å². The molecule has 5 heteroatoms. The molecule has 0 fully saturated rings. The third-order valence-corrected chi connectivity index (χ3v) is 5.31. The summed E-state index contributed by atoms with van der Waals surface area (Å²) in [6, 6.07) is 9.10. The van der Waals surface area contributed by atoms with Crippen molar-refractivity contribution in [2.24, 2.45) is 0 Å². The highest BCUT2D eigenvalue weighted by atomic mass is 79.9. The molecule has 0 saturated heterocycles. The largest absolute Gasteiger partial charge is 0.352 e. The standard InChI is InChI=1S/C20H27BrN4/c1-5-14(4)22-20-23-18(13(2)3)11-19(24-20)25-9-8-15-6-7-17(21)10-16(15)12-25/h6-7,10-11,13-14H,5,8-9,12H2,1-4H3,(H,22,23,24)/t14-/m0/s1. The second kappa shape index (κ2) is 7.73. The van der Waals surface area contributed by atoms with Crippen molar-refractivity contribution in [3.8, 4) is 0 Å². The Bertz CT molecular complexity index is 744. The van der Waals surface area contributed by atoms with E-state index in [0.29, 0.717) is 12.0 Å². The molecule has 0 bridgehead atoms. The fourth-order valence-electron chi connectivity index (χ4n) is 3.02. The van der Waals surface area contributed by atoms with Gasteiger partial charge in [-0.3, -0.25) is 0 Å². The topological polar surface area (TPSA) is 41.1 Å². The van der Waals surface area contributed by atoms with E-state index in [1.54, 1.807) is 0 Å². The van der Waals surface area contributed by atoms with E-state index in [-0.39, 0.29) is 0 Å². The minimum absolute atomic E-state index is 0.369. The Morgan fingerprint density at radius 1 is 1.16 bits per heavy atom. The molecular formula is C20H27BrN4. The van der Waals surface area contributed by atoms with E-state index >= 15 is 0 Å². The maximum Gasteiger partial charge on any atom is 0.225 e. The zero-order valence-electron chi connectivity index (χ0n) is 15.5. The molecule has 1 aromatic carbocycles. The summed E-state index contributed by atoms with van der Waals surface area (Å²) in [6.45, 7) is 10.6. The molecule has 134 valence electrons. The molecule has 1 atom stereocenters. The quantitative estimate of drug-likeness (QED) is 0.751. The number of fused-ring (bicyclic) bond motifs is 1. The van der Waals surface area contributed by atoms with Crippen molar-refractivity contribution in [1.82, 2.24) is 9.97 Å². The average molecular weight is 403 g/mol. The zero-order chi connectivity index (χ0) is 18.0. The number of halogens is 1. The monoisotopic (exact) mass is 402 g/mol. The van der Waals surface area contributed by atoms with E-state index in [2.05, 4.69) is 78.1 Å². The molecule has 0 aliphatic carbocycles. The molecule has 3 rings (SSSR count). The van der Waals surface area contributed by atoms with Crippen molar-refractivity contribution < 1.29 is 0 Å².